The summed E-state index contributed by atoms with van der Waals surface area (Å²) in [6.07, 6.45) is 2.65. The molecule has 3 heterocycles. The first-order valence-electron chi connectivity index (χ1n) is 7.08. The van der Waals surface area contributed by atoms with Crippen molar-refractivity contribution in [1.29, 1.82) is 0 Å². The molecule has 1 aromatic heterocycles. The number of hydrogen-bond donors (Lipinski definition) is 2. The maximum atomic E-state index is 5.58. The minimum absolute atomic E-state index is 0. The number of rotatable bonds is 3. The van der Waals surface area contributed by atoms with E-state index in [-0.39, 0.29) is 12.4 Å². The van der Waals surface area contributed by atoms with Crippen LogP contribution in [0.3, 0.4) is 0 Å². The summed E-state index contributed by atoms with van der Waals surface area (Å²) in [6.45, 7) is 7.98. The maximum Gasteiger partial charge on any atom is 0.233 e. The first kappa shape index (κ1) is 15.8. The van der Waals surface area contributed by atoms with Crippen LogP contribution in [0.5, 0.6) is 0 Å². The average Bonchev–Trinajstić information content (AvgIpc) is 2.87. The minimum atomic E-state index is 0. The summed E-state index contributed by atoms with van der Waals surface area (Å²) in [5.74, 6) is 1.28. The first-order valence-corrected chi connectivity index (χ1v) is 7.86. The summed E-state index contributed by atoms with van der Waals surface area (Å²) in [4.78, 5) is 9.15. The molecule has 2 saturated heterocycles. The molecule has 0 amide bonds. The van der Waals surface area contributed by atoms with E-state index in [1.54, 1.807) is 0 Å². The molecule has 3 rings (SSSR count). The maximum absolute atomic E-state index is 5.58. The molecule has 0 saturated carbocycles. The Hall–Kier alpha value is -0.630. The van der Waals surface area contributed by atoms with Gasteiger partial charge in [0.25, 0.3) is 0 Å². The lowest BCUT2D eigenvalue weighted by Crippen LogP contribution is -2.48. The van der Waals surface area contributed by atoms with Gasteiger partial charge in [-0.1, -0.05) is 0 Å². The van der Waals surface area contributed by atoms with Gasteiger partial charge < -0.3 is 16.0 Å². The van der Waals surface area contributed by atoms with Crippen LogP contribution in [0.25, 0.3) is 0 Å². The van der Waals surface area contributed by atoms with Gasteiger partial charge in [0.1, 0.15) is 0 Å². The first-order chi connectivity index (χ1) is 9.31. The fourth-order valence-electron chi connectivity index (χ4n) is 2.91. The monoisotopic (exact) mass is 318 g/mol. The van der Waals surface area contributed by atoms with E-state index in [1.165, 1.54) is 44.0 Å². The molecule has 8 heteroatoms. The second-order valence-electron chi connectivity index (χ2n) is 5.42. The number of nitrogen functional groups attached to an aromatic ring is 1. The van der Waals surface area contributed by atoms with E-state index in [0.717, 1.165) is 37.2 Å². The topological polar surface area (TPSA) is 70.3 Å². The van der Waals surface area contributed by atoms with Gasteiger partial charge in [0.2, 0.25) is 11.1 Å². The summed E-state index contributed by atoms with van der Waals surface area (Å²) in [5, 5.41) is 4.40. The van der Waals surface area contributed by atoms with Crippen molar-refractivity contribution in [3.63, 3.8) is 0 Å². The smallest absolute Gasteiger partial charge is 0.233 e. The Morgan fingerprint density at radius 3 is 2.50 bits per heavy atom. The zero-order chi connectivity index (χ0) is 13.1. The van der Waals surface area contributed by atoms with Gasteiger partial charge >= 0.3 is 0 Å². The Labute approximate surface area is 130 Å². The highest BCUT2D eigenvalue weighted by Gasteiger charge is 2.22. The molecule has 114 valence electrons. The van der Waals surface area contributed by atoms with E-state index in [2.05, 4.69) is 24.5 Å². The van der Waals surface area contributed by atoms with Crippen molar-refractivity contribution >= 4 is 35.0 Å². The second-order valence-corrected chi connectivity index (χ2v) is 6.15. The van der Waals surface area contributed by atoms with E-state index in [1.807, 2.05) is 0 Å². The van der Waals surface area contributed by atoms with Crippen LogP contribution in [0, 0.1) is 5.92 Å². The largest absolute Gasteiger partial charge is 0.367 e. The Kier molecular flexibility index (Phi) is 5.83. The molecular formula is C12H23ClN6S. The number of anilines is 2. The van der Waals surface area contributed by atoms with Crippen LogP contribution in [-0.4, -0.2) is 60.1 Å². The molecule has 0 aliphatic carbocycles. The number of aromatic nitrogens is 2. The predicted molar refractivity (Wildman–Crippen MR) is 85.8 cm³/mol. The summed E-state index contributed by atoms with van der Waals surface area (Å²) in [6, 6.07) is 0. The van der Waals surface area contributed by atoms with Crippen molar-refractivity contribution in [2.75, 3.05) is 56.4 Å². The third kappa shape index (κ3) is 3.94. The number of nitrogens with zero attached hydrogens (tertiary/aromatic N) is 4. The molecule has 1 aromatic rings. The van der Waals surface area contributed by atoms with Gasteiger partial charge in [0, 0.05) is 44.3 Å². The normalized spacial score (nSPS) is 21.7. The lowest BCUT2D eigenvalue weighted by Gasteiger charge is -2.37. The van der Waals surface area contributed by atoms with Gasteiger partial charge in [0.05, 0.1) is 0 Å². The number of hydrogen-bond acceptors (Lipinski definition) is 7. The fraction of sp³-hybridized carbons (Fsp3) is 0.833. The van der Waals surface area contributed by atoms with Gasteiger partial charge in [-0.15, -0.1) is 12.4 Å². The van der Waals surface area contributed by atoms with Crippen molar-refractivity contribution in [2.45, 2.75) is 12.8 Å². The van der Waals surface area contributed by atoms with Gasteiger partial charge in [-0.25, -0.2) is 0 Å². The Bertz CT molecular complexity index is 400. The van der Waals surface area contributed by atoms with Crippen LogP contribution in [0.2, 0.25) is 0 Å². The SMILES string of the molecule is Cl.Nc1nsc(N2CCN(CC3CCNCC3)CC2)n1. The Morgan fingerprint density at radius 1 is 1.20 bits per heavy atom. The molecule has 20 heavy (non-hydrogen) atoms. The summed E-state index contributed by atoms with van der Waals surface area (Å²) >= 11 is 1.41. The highest BCUT2D eigenvalue weighted by Crippen LogP contribution is 2.21. The van der Waals surface area contributed by atoms with Crippen molar-refractivity contribution in [1.82, 2.24) is 19.6 Å². The predicted octanol–water partition coefficient (Wildman–Crippen LogP) is 0.664. The van der Waals surface area contributed by atoms with E-state index in [9.17, 15) is 0 Å². The molecular weight excluding hydrogens is 296 g/mol. The number of piperidine rings is 1. The van der Waals surface area contributed by atoms with E-state index < -0.39 is 0 Å². The van der Waals surface area contributed by atoms with Crippen molar-refractivity contribution in [3.8, 4) is 0 Å². The molecule has 2 aliphatic heterocycles. The average molecular weight is 319 g/mol. The van der Waals surface area contributed by atoms with Gasteiger partial charge in [-0.2, -0.15) is 9.36 Å². The molecule has 3 N–H and O–H groups in total. The van der Waals surface area contributed by atoms with Crippen molar-refractivity contribution in [3.05, 3.63) is 0 Å². The van der Waals surface area contributed by atoms with Gasteiger partial charge in [-0.3, -0.25) is 4.90 Å². The molecule has 0 unspecified atom stereocenters. The van der Waals surface area contributed by atoms with Crippen molar-refractivity contribution in [2.24, 2.45) is 5.92 Å². The molecule has 0 atom stereocenters. The van der Waals surface area contributed by atoms with Crippen LogP contribution in [-0.2, 0) is 0 Å². The van der Waals surface area contributed by atoms with Crippen LogP contribution >= 0.6 is 23.9 Å². The number of nitrogens with two attached hydrogens (primary N) is 1. The zero-order valence-electron chi connectivity index (χ0n) is 11.6. The van der Waals surface area contributed by atoms with Crippen LogP contribution in [0.1, 0.15) is 12.8 Å². The summed E-state index contributed by atoms with van der Waals surface area (Å²) in [5.41, 5.74) is 5.58. The van der Waals surface area contributed by atoms with Crippen molar-refractivity contribution < 1.29 is 0 Å². The molecule has 0 radical (unpaired) electrons. The molecule has 0 aromatic carbocycles. The fourth-order valence-corrected chi connectivity index (χ4v) is 3.55. The third-order valence-electron chi connectivity index (χ3n) is 4.05. The Balaban J connectivity index is 0.00000147. The third-order valence-corrected chi connectivity index (χ3v) is 4.84. The second kappa shape index (κ2) is 7.40. The van der Waals surface area contributed by atoms with Crippen LogP contribution in [0.15, 0.2) is 0 Å². The van der Waals surface area contributed by atoms with E-state index in [0.29, 0.717) is 5.95 Å². The minimum Gasteiger partial charge on any atom is -0.367 e. The molecule has 2 aliphatic rings. The van der Waals surface area contributed by atoms with Crippen LogP contribution in [0.4, 0.5) is 11.1 Å². The highest BCUT2D eigenvalue weighted by atomic mass is 35.5. The number of nitrogens with one attached hydrogen (secondary N) is 1. The van der Waals surface area contributed by atoms with Crippen LogP contribution < -0.4 is 16.0 Å². The van der Waals surface area contributed by atoms with E-state index >= 15 is 0 Å². The van der Waals surface area contributed by atoms with Gasteiger partial charge in [0.15, 0.2) is 0 Å². The lowest BCUT2D eigenvalue weighted by atomic mass is 9.97. The molecule has 0 bridgehead atoms. The highest BCUT2D eigenvalue weighted by molar-refractivity contribution is 7.09. The standard InChI is InChI=1S/C12H22N6S.ClH/c13-11-15-12(19-16-11)18-7-5-17(6-8-18)9-10-1-3-14-4-2-10;/h10,14H,1-9H2,(H2,13,16);1H. The quantitative estimate of drug-likeness (QED) is 0.853. The molecule has 0 spiro atoms. The summed E-state index contributed by atoms with van der Waals surface area (Å²) in [7, 11) is 0. The zero-order valence-corrected chi connectivity index (χ0v) is 13.3. The van der Waals surface area contributed by atoms with Gasteiger partial charge in [-0.05, 0) is 31.8 Å². The molecule has 6 nitrogen and oxygen atoms in total. The lowest BCUT2D eigenvalue weighted by molar-refractivity contribution is 0.196. The van der Waals surface area contributed by atoms with E-state index in [4.69, 9.17) is 5.73 Å². The Morgan fingerprint density at radius 2 is 1.90 bits per heavy atom. The number of piperazine rings is 1. The summed E-state index contributed by atoms with van der Waals surface area (Å²) < 4.78 is 4.05. The molecule has 2 fully saturated rings. The number of halogens is 1.